The summed E-state index contributed by atoms with van der Waals surface area (Å²) in [6.07, 6.45) is 2.14. The molecule has 0 spiro atoms. The molecule has 3 heterocycles. The number of fused-ring (bicyclic) bond motifs is 6. The second kappa shape index (κ2) is 7.96. The number of benzene rings is 4. The second-order valence-electron chi connectivity index (χ2n) is 10.8. The summed E-state index contributed by atoms with van der Waals surface area (Å²) in [5, 5.41) is 7.90. The van der Waals surface area contributed by atoms with Crippen molar-refractivity contribution in [3.05, 3.63) is 109 Å². The van der Waals surface area contributed by atoms with Crippen molar-refractivity contribution in [1.82, 2.24) is 4.98 Å². The molecule has 178 valence electrons. The minimum Gasteiger partial charge on any atom is -0.257 e. The van der Waals surface area contributed by atoms with Crippen LogP contribution in [-0.2, 0) is 7.05 Å². The van der Waals surface area contributed by atoms with Gasteiger partial charge in [0.25, 0.3) is 0 Å². The van der Waals surface area contributed by atoms with Crippen LogP contribution in [0.15, 0.2) is 103 Å². The van der Waals surface area contributed by atoms with Crippen LogP contribution in [0.4, 0.5) is 0 Å². The maximum Gasteiger partial charge on any atom is 0.212 e. The van der Waals surface area contributed by atoms with Crippen LogP contribution in [-0.4, -0.2) is 13.1 Å². The predicted octanol–water partition coefficient (Wildman–Crippen LogP) is 6.66. The molecular formula is C34H29N2Si+. The smallest absolute Gasteiger partial charge is 0.212 e. The highest BCUT2D eigenvalue weighted by Crippen LogP contribution is 2.37. The van der Waals surface area contributed by atoms with Crippen molar-refractivity contribution in [3.63, 3.8) is 0 Å². The van der Waals surface area contributed by atoms with Gasteiger partial charge in [-0.1, -0.05) is 79.8 Å². The quantitative estimate of drug-likeness (QED) is 0.150. The third-order valence-electron chi connectivity index (χ3n) is 8.17. The first kappa shape index (κ1) is 22.1. The Kier molecular flexibility index (Phi) is 4.76. The van der Waals surface area contributed by atoms with Gasteiger partial charge in [-0.15, -0.1) is 0 Å². The number of aryl methyl sites for hydroxylation is 2. The second-order valence-corrected chi connectivity index (χ2v) is 15.0. The van der Waals surface area contributed by atoms with Crippen molar-refractivity contribution >= 4 is 40.1 Å². The van der Waals surface area contributed by atoms with E-state index in [1.807, 2.05) is 0 Å². The summed E-state index contributed by atoms with van der Waals surface area (Å²) in [5.41, 5.74) is 8.92. The lowest BCUT2D eigenvalue weighted by atomic mass is 9.94. The lowest BCUT2D eigenvalue weighted by Gasteiger charge is -2.22. The zero-order chi connectivity index (χ0) is 25.3. The Labute approximate surface area is 218 Å². The predicted molar refractivity (Wildman–Crippen MR) is 158 cm³/mol. The van der Waals surface area contributed by atoms with Crippen molar-refractivity contribution in [3.8, 4) is 33.6 Å². The molecule has 0 fully saturated rings. The molecule has 1 aliphatic heterocycles. The summed E-state index contributed by atoms with van der Waals surface area (Å²) >= 11 is 0. The Balaban J connectivity index is 1.48. The lowest BCUT2D eigenvalue weighted by Crippen LogP contribution is -2.52. The van der Waals surface area contributed by atoms with Gasteiger partial charge < -0.3 is 0 Å². The van der Waals surface area contributed by atoms with E-state index in [1.165, 1.54) is 65.6 Å². The van der Waals surface area contributed by atoms with Crippen LogP contribution >= 0.6 is 0 Å². The molecule has 0 radical (unpaired) electrons. The van der Waals surface area contributed by atoms with Crippen LogP contribution in [0.3, 0.4) is 0 Å². The van der Waals surface area contributed by atoms with Gasteiger partial charge in [-0.05, 0) is 68.5 Å². The molecule has 0 bridgehead atoms. The number of rotatable bonds is 2. The lowest BCUT2D eigenvalue weighted by molar-refractivity contribution is -0.660. The fourth-order valence-corrected chi connectivity index (χ4v) is 9.75. The highest BCUT2D eigenvalue weighted by Gasteiger charge is 2.43. The van der Waals surface area contributed by atoms with E-state index in [-0.39, 0.29) is 0 Å². The normalized spacial score (nSPS) is 13.6. The minimum atomic E-state index is -2.07. The third kappa shape index (κ3) is 3.17. The molecule has 6 aromatic rings. The van der Waals surface area contributed by atoms with Gasteiger partial charge in [0.1, 0.15) is 15.1 Å². The van der Waals surface area contributed by atoms with Crippen molar-refractivity contribution in [1.29, 1.82) is 0 Å². The van der Waals surface area contributed by atoms with Gasteiger partial charge in [0.15, 0.2) is 6.20 Å². The third-order valence-corrected chi connectivity index (χ3v) is 11.5. The maximum atomic E-state index is 5.49. The first-order valence-corrected chi connectivity index (χ1v) is 16.0. The fraction of sp³-hybridized carbons (Fsp3) is 0.118. The molecule has 0 atom stereocenters. The Morgan fingerprint density at radius 3 is 2.19 bits per heavy atom. The molecule has 0 saturated heterocycles. The van der Waals surface area contributed by atoms with Gasteiger partial charge in [0.2, 0.25) is 5.69 Å². The SMILES string of the molecule is Cc1ccc2c(c1-c1cccc[n+]1C)[Si](C)(C)c1nc(-c3cc4ccccc4c4ccccc34)ccc1-2. The Hall–Kier alpha value is -4.08. The summed E-state index contributed by atoms with van der Waals surface area (Å²) in [6.45, 7) is 7.19. The van der Waals surface area contributed by atoms with Crippen LogP contribution in [0.5, 0.6) is 0 Å². The Bertz CT molecular complexity index is 1880. The number of hydrogen-bond acceptors (Lipinski definition) is 1. The molecule has 1 aliphatic rings. The minimum absolute atomic E-state index is 1.07. The summed E-state index contributed by atoms with van der Waals surface area (Å²) in [4.78, 5) is 5.49. The number of aromatic nitrogens is 2. The monoisotopic (exact) mass is 493 g/mol. The van der Waals surface area contributed by atoms with Crippen LogP contribution in [0.2, 0.25) is 13.1 Å². The first-order chi connectivity index (χ1) is 17.9. The van der Waals surface area contributed by atoms with E-state index in [9.17, 15) is 0 Å². The average molecular weight is 494 g/mol. The molecule has 2 nitrogen and oxygen atoms in total. The zero-order valence-electron chi connectivity index (χ0n) is 21.7. The van der Waals surface area contributed by atoms with Gasteiger partial charge in [-0.3, -0.25) is 4.98 Å². The molecule has 0 unspecified atom stereocenters. The van der Waals surface area contributed by atoms with E-state index in [0.29, 0.717) is 0 Å². The van der Waals surface area contributed by atoms with Gasteiger partial charge in [0, 0.05) is 28.6 Å². The van der Waals surface area contributed by atoms with E-state index in [4.69, 9.17) is 4.98 Å². The number of pyridine rings is 2. The summed E-state index contributed by atoms with van der Waals surface area (Å²) < 4.78 is 2.25. The van der Waals surface area contributed by atoms with Crippen LogP contribution in [0.25, 0.3) is 55.2 Å². The van der Waals surface area contributed by atoms with Crippen molar-refractivity contribution in [2.45, 2.75) is 20.0 Å². The molecule has 0 saturated carbocycles. The zero-order valence-corrected chi connectivity index (χ0v) is 22.7. The Morgan fingerprint density at radius 1 is 0.676 bits per heavy atom. The molecular weight excluding hydrogens is 464 g/mol. The molecule has 2 aromatic heterocycles. The molecule has 4 aromatic carbocycles. The van der Waals surface area contributed by atoms with Crippen LogP contribution < -0.4 is 15.1 Å². The van der Waals surface area contributed by atoms with Crippen molar-refractivity contribution in [2.24, 2.45) is 7.05 Å². The molecule has 0 aliphatic carbocycles. The fourth-order valence-electron chi connectivity index (χ4n) is 6.38. The van der Waals surface area contributed by atoms with E-state index in [1.54, 1.807) is 0 Å². The maximum absolute atomic E-state index is 5.49. The molecule has 0 N–H and O–H groups in total. The van der Waals surface area contributed by atoms with Crippen molar-refractivity contribution < 1.29 is 4.57 Å². The van der Waals surface area contributed by atoms with E-state index in [0.717, 1.165) is 5.69 Å². The molecule has 0 amide bonds. The highest BCUT2D eigenvalue weighted by atomic mass is 28.3. The van der Waals surface area contributed by atoms with Crippen LogP contribution in [0, 0.1) is 6.92 Å². The topological polar surface area (TPSA) is 16.8 Å². The highest BCUT2D eigenvalue weighted by molar-refractivity contribution is 7.04. The van der Waals surface area contributed by atoms with Gasteiger partial charge in [-0.25, -0.2) is 4.57 Å². The van der Waals surface area contributed by atoms with E-state index < -0.39 is 8.07 Å². The first-order valence-electron chi connectivity index (χ1n) is 13.0. The summed E-state index contributed by atoms with van der Waals surface area (Å²) in [6, 6.07) is 35.4. The van der Waals surface area contributed by atoms with Gasteiger partial charge >= 0.3 is 0 Å². The average Bonchev–Trinajstić information content (AvgIpc) is 3.15. The Morgan fingerprint density at radius 2 is 1.38 bits per heavy atom. The number of hydrogen-bond donors (Lipinski definition) is 0. The largest absolute Gasteiger partial charge is 0.257 e. The molecule has 7 rings (SSSR count). The van der Waals surface area contributed by atoms with E-state index >= 15 is 0 Å². The molecule has 3 heteroatoms. The number of nitrogens with zero attached hydrogens (tertiary/aromatic N) is 2. The van der Waals surface area contributed by atoms with Crippen LogP contribution in [0.1, 0.15) is 5.56 Å². The van der Waals surface area contributed by atoms with E-state index in [2.05, 4.69) is 135 Å². The van der Waals surface area contributed by atoms with Gasteiger partial charge in [0.05, 0.1) is 5.69 Å². The van der Waals surface area contributed by atoms with Gasteiger partial charge in [-0.2, -0.15) is 0 Å². The standard InChI is InChI=1S/C34H29N2Si/c1-22-16-17-27-28-18-19-30(29-21-23-11-5-6-12-24(23)25-13-7-8-14-26(25)29)35-34(28)37(3,4)33(27)32(22)31-15-9-10-20-36(31)2/h5-21H,1-4H3/q+1. The summed E-state index contributed by atoms with van der Waals surface area (Å²) in [5.74, 6) is 0. The van der Waals surface area contributed by atoms with Crippen molar-refractivity contribution in [2.75, 3.05) is 0 Å². The summed E-state index contributed by atoms with van der Waals surface area (Å²) in [7, 11) is 0.0718. The molecule has 37 heavy (non-hydrogen) atoms.